The molecular weight excluding hydrogens is 432 g/mol. The highest BCUT2D eigenvalue weighted by Gasteiger charge is 2.31. The number of hydrogen-bond acceptors (Lipinski definition) is 4. The van der Waals surface area contributed by atoms with Gasteiger partial charge in [0, 0.05) is 29.7 Å². The second kappa shape index (κ2) is 8.60. The van der Waals surface area contributed by atoms with E-state index in [0.29, 0.717) is 34.9 Å². The van der Waals surface area contributed by atoms with E-state index in [0.717, 1.165) is 24.8 Å². The van der Waals surface area contributed by atoms with E-state index in [1.807, 2.05) is 6.92 Å². The van der Waals surface area contributed by atoms with E-state index in [1.165, 1.54) is 6.20 Å². The highest BCUT2D eigenvalue weighted by molar-refractivity contribution is 7.91. The Morgan fingerprint density at radius 3 is 2.45 bits per heavy atom. The minimum atomic E-state index is -3.98. The lowest BCUT2D eigenvalue weighted by Crippen LogP contribution is -2.38. The fourth-order valence-corrected chi connectivity index (χ4v) is 5.77. The molecule has 1 aliphatic rings. The lowest BCUT2D eigenvalue weighted by molar-refractivity contribution is 0.0693. The number of pyridine rings is 1. The van der Waals surface area contributed by atoms with Gasteiger partial charge in [-0.1, -0.05) is 37.6 Å². The first-order chi connectivity index (χ1) is 14.8. The van der Waals surface area contributed by atoms with Gasteiger partial charge in [0.05, 0.1) is 20.9 Å². The molecule has 0 spiro atoms. The molecule has 162 valence electrons. The van der Waals surface area contributed by atoms with Gasteiger partial charge in [0.25, 0.3) is 5.91 Å². The molecule has 0 atom stereocenters. The number of sulfone groups is 1. The van der Waals surface area contributed by atoms with E-state index in [4.69, 9.17) is 11.6 Å². The van der Waals surface area contributed by atoms with E-state index in [9.17, 15) is 13.2 Å². The fraction of sp³-hybridized carbons (Fsp3) is 0.333. The van der Waals surface area contributed by atoms with Gasteiger partial charge in [-0.05, 0) is 61.1 Å². The third kappa shape index (κ3) is 4.19. The molecule has 2 aromatic carbocycles. The van der Waals surface area contributed by atoms with Crippen molar-refractivity contribution >= 4 is 38.2 Å². The molecule has 0 N–H and O–H groups in total. The Labute approximate surface area is 188 Å². The topological polar surface area (TPSA) is 67.3 Å². The number of aryl methyl sites for hydroxylation is 1. The number of fused-ring (bicyclic) bond motifs is 1. The van der Waals surface area contributed by atoms with Crippen LogP contribution in [0.3, 0.4) is 0 Å². The molecule has 2 heterocycles. The number of amides is 1. The molecule has 0 aliphatic carbocycles. The van der Waals surface area contributed by atoms with Crippen LogP contribution in [0.2, 0.25) is 5.02 Å². The summed E-state index contributed by atoms with van der Waals surface area (Å²) >= 11 is 6.21. The number of piperidine rings is 1. The molecule has 31 heavy (non-hydrogen) atoms. The zero-order valence-corrected chi connectivity index (χ0v) is 19.2. The summed E-state index contributed by atoms with van der Waals surface area (Å²) in [6, 6.07) is 11.7. The Balaban J connectivity index is 1.91. The molecule has 0 saturated carbocycles. The minimum Gasteiger partial charge on any atom is -0.339 e. The van der Waals surface area contributed by atoms with Crippen molar-refractivity contribution in [2.45, 2.75) is 42.9 Å². The Kier molecular flexibility index (Phi) is 6.04. The number of carbonyl (C=O) groups is 1. The molecule has 4 rings (SSSR count). The number of halogens is 1. The minimum absolute atomic E-state index is 0.0205. The summed E-state index contributed by atoms with van der Waals surface area (Å²) in [5.74, 6) is 0.253. The average Bonchev–Trinajstić information content (AvgIpc) is 2.78. The Morgan fingerprint density at radius 1 is 1.13 bits per heavy atom. The third-order valence-corrected chi connectivity index (χ3v) is 8.10. The van der Waals surface area contributed by atoms with Crippen LogP contribution in [0.25, 0.3) is 10.9 Å². The second-order valence-electron chi connectivity index (χ2n) is 8.14. The standard InChI is InChI=1S/C24H25ClN2O3S/c1-3-17-4-7-19(8-5-17)31(29,30)23-20-14-18(25)6-9-22(20)26-15-21(23)24(28)27-12-10-16(2)11-13-27/h4-9,14-16H,3,10-13H2,1-2H3. The second-order valence-corrected chi connectivity index (χ2v) is 10.5. The highest BCUT2D eigenvalue weighted by Crippen LogP contribution is 2.33. The molecule has 3 aromatic rings. The molecule has 0 bridgehead atoms. The number of likely N-dealkylation sites (tertiary alicyclic amines) is 1. The number of benzene rings is 2. The van der Waals surface area contributed by atoms with Crippen LogP contribution in [0.15, 0.2) is 58.5 Å². The van der Waals surface area contributed by atoms with Crippen molar-refractivity contribution in [2.24, 2.45) is 5.92 Å². The first kappa shape index (κ1) is 21.8. The van der Waals surface area contributed by atoms with Crippen molar-refractivity contribution in [3.63, 3.8) is 0 Å². The fourth-order valence-electron chi connectivity index (χ4n) is 3.99. The third-order valence-electron chi connectivity index (χ3n) is 5.99. The summed E-state index contributed by atoms with van der Waals surface area (Å²) in [7, 11) is -3.98. The predicted molar refractivity (Wildman–Crippen MR) is 122 cm³/mol. The maximum absolute atomic E-state index is 13.8. The Hall–Kier alpha value is -2.44. The molecule has 5 nitrogen and oxygen atoms in total. The van der Waals surface area contributed by atoms with E-state index >= 15 is 0 Å². The number of carbonyl (C=O) groups excluding carboxylic acids is 1. The zero-order chi connectivity index (χ0) is 22.2. The molecule has 1 fully saturated rings. The summed E-state index contributed by atoms with van der Waals surface area (Å²) in [6.45, 7) is 5.39. The van der Waals surface area contributed by atoms with Gasteiger partial charge in [-0.3, -0.25) is 9.78 Å². The molecular formula is C24H25ClN2O3S. The first-order valence-corrected chi connectivity index (χ1v) is 12.4. The molecule has 0 radical (unpaired) electrons. The van der Waals surface area contributed by atoms with Gasteiger partial charge in [0.2, 0.25) is 9.84 Å². The predicted octanol–water partition coefficient (Wildman–Crippen LogP) is 5.16. The SMILES string of the molecule is CCc1ccc(S(=O)(=O)c2c(C(=O)N3CCC(C)CC3)cnc3ccc(Cl)cc23)cc1. The summed E-state index contributed by atoms with van der Waals surface area (Å²) in [5.41, 5.74) is 1.63. The van der Waals surface area contributed by atoms with Crippen LogP contribution < -0.4 is 0 Å². The van der Waals surface area contributed by atoms with Gasteiger partial charge in [-0.25, -0.2) is 8.42 Å². The normalized spacial score (nSPS) is 15.4. The smallest absolute Gasteiger partial charge is 0.256 e. The van der Waals surface area contributed by atoms with Gasteiger partial charge < -0.3 is 4.90 Å². The van der Waals surface area contributed by atoms with Crippen molar-refractivity contribution in [3.8, 4) is 0 Å². The van der Waals surface area contributed by atoms with Crippen LogP contribution in [0, 0.1) is 5.92 Å². The maximum Gasteiger partial charge on any atom is 0.256 e. The van der Waals surface area contributed by atoms with Crippen LogP contribution in [0.1, 0.15) is 42.6 Å². The number of hydrogen-bond donors (Lipinski definition) is 0. The number of rotatable bonds is 4. The quantitative estimate of drug-likeness (QED) is 0.544. The summed E-state index contributed by atoms with van der Waals surface area (Å²) in [5, 5.41) is 0.756. The maximum atomic E-state index is 13.8. The van der Waals surface area contributed by atoms with E-state index in [-0.39, 0.29) is 21.3 Å². The monoisotopic (exact) mass is 456 g/mol. The lowest BCUT2D eigenvalue weighted by Gasteiger charge is -2.30. The van der Waals surface area contributed by atoms with Crippen molar-refractivity contribution in [3.05, 3.63) is 64.8 Å². The Morgan fingerprint density at radius 2 is 1.81 bits per heavy atom. The summed E-state index contributed by atoms with van der Waals surface area (Å²) in [6.07, 6.45) is 4.01. The first-order valence-electron chi connectivity index (χ1n) is 10.5. The van der Waals surface area contributed by atoms with Gasteiger partial charge in [-0.2, -0.15) is 0 Å². The van der Waals surface area contributed by atoms with Gasteiger partial charge in [-0.15, -0.1) is 0 Å². The summed E-state index contributed by atoms with van der Waals surface area (Å²) < 4.78 is 27.6. The zero-order valence-electron chi connectivity index (χ0n) is 17.6. The molecule has 7 heteroatoms. The van der Waals surface area contributed by atoms with Crippen LogP contribution in [0.5, 0.6) is 0 Å². The molecule has 1 saturated heterocycles. The van der Waals surface area contributed by atoms with Crippen molar-refractivity contribution < 1.29 is 13.2 Å². The van der Waals surface area contributed by atoms with Crippen LogP contribution in [-0.2, 0) is 16.3 Å². The van der Waals surface area contributed by atoms with Crippen molar-refractivity contribution in [1.82, 2.24) is 9.88 Å². The van der Waals surface area contributed by atoms with Crippen LogP contribution in [0.4, 0.5) is 0 Å². The van der Waals surface area contributed by atoms with Crippen LogP contribution >= 0.6 is 11.6 Å². The Bertz CT molecular complexity index is 1230. The van der Waals surface area contributed by atoms with Gasteiger partial charge in [0.1, 0.15) is 0 Å². The van der Waals surface area contributed by atoms with Gasteiger partial charge in [0.15, 0.2) is 0 Å². The molecule has 0 unspecified atom stereocenters. The number of nitrogens with zero attached hydrogens (tertiary/aromatic N) is 2. The molecule has 1 aliphatic heterocycles. The van der Waals surface area contributed by atoms with Crippen LogP contribution in [-0.4, -0.2) is 37.3 Å². The number of aromatic nitrogens is 1. The van der Waals surface area contributed by atoms with Crippen molar-refractivity contribution in [2.75, 3.05) is 13.1 Å². The van der Waals surface area contributed by atoms with Gasteiger partial charge >= 0.3 is 0 Å². The van der Waals surface area contributed by atoms with Crippen molar-refractivity contribution in [1.29, 1.82) is 0 Å². The van der Waals surface area contributed by atoms with E-state index < -0.39 is 9.84 Å². The van der Waals surface area contributed by atoms with E-state index in [2.05, 4.69) is 11.9 Å². The lowest BCUT2D eigenvalue weighted by atomic mass is 9.98. The molecule has 1 aromatic heterocycles. The molecule has 1 amide bonds. The average molecular weight is 457 g/mol. The summed E-state index contributed by atoms with van der Waals surface area (Å²) in [4.78, 5) is 19.7. The van der Waals surface area contributed by atoms with E-state index in [1.54, 1.807) is 47.4 Å². The largest absolute Gasteiger partial charge is 0.339 e. The highest BCUT2D eigenvalue weighted by atomic mass is 35.5.